The third kappa shape index (κ3) is 4.79. The largest absolute Gasteiger partial charge is 0.325 e. The summed E-state index contributed by atoms with van der Waals surface area (Å²) in [5.74, 6) is -0.325. The van der Waals surface area contributed by atoms with E-state index in [4.69, 9.17) is 0 Å². The molecule has 1 N–H and O–H groups in total. The third-order valence-corrected chi connectivity index (χ3v) is 6.86. The van der Waals surface area contributed by atoms with Crippen molar-refractivity contribution in [1.82, 2.24) is 8.61 Å². The molecule has 1 amide bonds. The molecule has 28 heavy (non-hydrogen) atoms. The summed E-state index contributed by atoms with van der Waals surface area (Å²) in [6, 6.07) is 13.6. The maximum absolute atomic E-state index is 13.0. The summed E-state index contributed by atoms with van der Waals surface area (Å²) in [6.45, 7) is 6.82. The van der Waals surface area contributed by atoms with E-state index in [1.165, 1.54) is 8.61 Å². The second kappa shape index (κ2) is 8.43. The van der Waals surface area contributed by atoms with E-state index >= 15 is 0 Å². The lowest BCUT2D eigenvalue weighted by Gasteiger charge is -2.34. The van der Waals surface area contributed by atoms with Crippen molar-refractivity contribution in [2.24, 2.45) is 0 Å². The number of benzene rings is 2. The van der Waals surface area contributed by atoms with Crippen LogP contribution >= 0.6 is 0 Å². The zero-order valence-corrected chi connectivity index (χ0v) is 17.4. The minimum absolute atomic E-state index is 0.180. The van der Waals surface area contributed by atoms with E-state index < -0.39 is 10.2 Å². The number of rotatable bonds is 5. The molecule has 3 rings (SSSR count). The number of carbonyl (C=O) groups excluding carboxylic acids is 1. The van der Waals surface area contributed by atoms with Gasteiger partial charge in [-0.05, 0) is 49.9 Å². The molecule has 0 unspecified atom stereocenters. The highest BCUT2D eigenvalue weighted by Gasteiger charge is 2.34. The van der Waals surface area contributed by atoms with E-state index in [-0.39, 0.29) is 12.5 Å². The van der Waals surface area contributed by atoms with Gasteiger partial charge in [-0.25, -0.2) is 0 Å². The first-order chi connectivity index (χ1) is 13.3. The Hall–Kier alpha value is -2.22. The van der Waals surface area contributed by atoms with Gasteiger partial charge >= 0.3 is 0 Å². The molecule has 1 aliphatic heterocycles. The highest BCUT2D eigenvalue weighted by Crippen LogP contribution is 2.21. The van der Waals surface area contributed by atoms with Gasteiger partial charge in [0.2, 0.25) is 5.91 Å². The van der Waals surface area contributed by atoms with Crippen LogP contribution in [0.2, 0.25) is 0 Å². The van der Waals surface area contributed by atoms with Crippen molar-refractivity contribution in [1.29, 1.82) is 0 Å². The lowest BCUT2D eigenvalue weighted by Crippen LogP contribution is -2.51. The first kappa shape index (κ1) is 20.5. The Labute approximate surface area is 167 Å². The monoisotopic (exact) mass is 401 g/mol. The quantitative estimate of drug-likeness (QED) is 0.837. The molecule has 7 heteroatoms. The number of hydrogen-bond donors (Lipinski definition) is 1. The third-order valence-electron chi connectivity index (χ3n) is 4.93. The van der Waals surface area contributed by atoms with Gasteiger partial charge in [-0.1, -0.05) is 42.0 Å². The number of hydrogen-bond acceptors (Lipinski definition) is 3. The van der Waals surface area contributed by atoms with Gasteiger partial charge < -0.3 is 5.32 Å². The van der Waals surface area contributed by atoms with Gasteiger partial charge in [0.25, 0.3) is 10.2 Å². The van der Waals surface area contributed by atoms with E-state index in [2.05, 4.69) is 5.32 Å². The molecule has 0 saturated carbocycles. The van der Waals surface area contributed by atoms with Gasteiger partial charge in [-0.3, -0.25) is 4.79 Å². The van der Waals surface area contributed by atoms with Crippen molar-refractivity contribution in [3.63, 3.8) is 0 Å². The van der Waals surface area contributed by atoms with Gasteiger partial charge in [0.1, 0.15) is 0 Å². The van der Waals surface area contributed by atoms with E-state index in [9.17, 15) is 13.2 Å². The van der Waals surface area contributed by atoms with Crippen molar-refractivity contribution in [2.75, 3.05) is 25.0 Å². The molecular weight excluding hydrogens is 374 g/mol. The van der Waals surface area contributed by atoms with Crippen LogP contribution in [0.3, 0.4) is 0 Å². The average molecular weight is 402 g/mol. The molecule has 0 radical (unpaired) electrons. The van der Waals surface area contributed by atoms with Crippen molar-refractivity contribution in [3.05, 3.63) is 64.7 Å². The zero-order chi connectivity index (χ0) is 20.3. The minimum atomic E-state index is -3.67. The second-order valence-corrected chi connectivity index (χ2v) is 9.31. The summed E-state index contributed by atoms with van der Waals surface area (Å²) in [5, 5.41) is 2.84. The van der Waals surface area contributed by atoms with Crippen molar-refractivity contribution < 1.29 is 13.2 Å². The summed E-state index contributed by atoms with van der Waals surface area (Å²) in [5.41, 5.74) is 4.78. The Morgan fingerprint density at radius 2 is 1.61 bits per heavy atom. The Morgan fingerprint density at radius 1 is 0.964 bits per heavy atom. The summed E-state index contributed by atoms with van der Waals surface area (Å²) in [6.07, 6.45) is 0.696. The van der Waals surface area contributed by atoms with Crippen LogP contribution in [0.15, 0.2) is 42.5 Å². The zero-order valence-electron chi connectivity index (χ0n) is 16.6. The molecule has 0 atom stereocenters. The van der Waals surface area contributed by atoms with Crippen LogP contribution in [0.25, 0.3) is 0 Å². The highest BCUT2D eigenvalue weighted by molar-refractivity contribution is 7.86. The molecule has 0 aliphatic carbocycles. The summed E-state index contributed by atoms with van der Waals surface area (Å²) < 4.78 is 28.7. The standard InChI is InChI=1S/C21H27N3O3S/c1-16-6-9-19(10-7-16)14-23-11-4-12-24(28(23,26)27)15-21(25)22-20-13-17(2)5-8-18(20)3/h5-10,13H,4,11-12,14-15H2,1-3H3,(H,22,25). The fraction of sp³-hybridized carbons (Fsp3) is 0.381. The SMILES string of the molecule is Cc1ccc(CN2CCCN(CC(=O)Nc3cc(C)ccc3C)S2(=O)=O)cc1. The van der Waals surface area contributed by atoms with Crippen LogP contribution in [0, 0.1) is 20.8 Å². The first-order valence-electron chi connectivity index (χ1n) is 9.43. The molecule has 150 valence electrons. The van der Waals surface area contributed by atoms with Gasteiger partial charge in [-0.2, -0.15) is 17.0 Å². The molecule has 2 aromatic carbocycles. The molecule has 2 aromatic rings. The summed E-state index contributed by atoms with van der Waals surface area (Å²) in [4.78, 5) is 12.5. The molecule has 0 aromatic heterocycles. The number of nitrogens with one attached hydrogen (secondary N) is 1. The van der Waals surface area contributed by atoms with Crippen molar-refractivity contribution >= 4 is 21.8 Å². The van der Waals surface area contributed by atoms with Crippen molar-refractivity contribution in [2.45, 2.75) is 33.7 Å². The number of anilines is 1. The Kier molecular flexibility index (Phi) is 6.17. The van der Waals surface area contributed by atoms with Gasteiger partial charge in [0.05, 0.1) is 6.54 Å². The van der Waals surface area contributed by atoms with Crippen LogP contribution in [-0.2, 0) is 21.5 Å². The lowest BCUT2D eigenvalue weighted by atomic mass is 10.1. The number of nitrogens with zero attached hydrogens (tertiary/aromatic N) is 2. The normalized spacial score (nSPS) is 17.4. The van der Waals surface area contributed by atoms with E-state index in [1.54, 1.807) is 0 Å². The van der Waals surface area contributed by atoms with Crippen molar-refractivity contribution in [3.8, 4) is 0 Å². The average Bonchev–Trinajstić information content (AvgIpc) is 2.63. The Balaban J connectivity index is 1.68. The van der Waals surface area contributed by atoms with E-state index in [0.29, 0.717) is 26.1 Å². The minimum Gasteiger partial charge on any atom is -0.325 e. The summed E-state index contributed by atoms with van der Waals surface area (Å²) in [7, 11) is -3.67. The molecule has 1 heterocycles. The topological polar surface area (TPSA) is 69.7 Å². The molecule has 0 bridgehead atoms. The number of amides is 1. The van der Waals surface area contributed by atoms with E-state index in [0.717, 1.165) is 27.9 Å². The Morgan fingerprint density at radius 3 is 2.32 bits per heavy atom. The van der Waals surface area contributed by atoms with Crippen LogP contribution in [0.4, 0.5) is 5.69 Å². The molecule has 1 aliphatic rings. The predicted molar refractivity (Wildman–Crippen MR) is 111 cm³/mol. The molecule has 0 spiro atoms. The first-order valence-corrected chi connectivity index (χ1v) is 10.8. The van der Waals surface area contributed by atoms with Crippen LogP contribution in [-0.4, -0.2) is 42.6 Å². The van der Waals surface area contributed by atoms with Crippen LogP contribution in [0.1, 0.15) is 28.7 Å². The number of aryl methyl sites for hydroxylation is 3. The molecular formula is C21H27N3O3S. The fourth-order valence-electron chi connectivity index (χ4n) is 3.26. The summed E-state index contributed by atoms with van der Waals surface area (Å²) >= 11 is 0. The maximum Gasteiger partial charge on any atom is 0.282 e. The fourth-order valence-corrected chi connectivity index (χ4v) is 4.90. The molecule has 6 nitrogen and oxygen atoms in total. The number of carbonyl (C=O) groups is 1. The van der Waals surface area contributed by atoms with Gasteiger partial charge in [-0.15, -0.1) is 0 Å². The molecule has 1 fully saturated rings. The predicted octanol–water partition coefficient (Wildman–Crippen LogP) is 3.00. The lowest BCUT2D eigenvalue weighted by molar-refractivity contribution is -0.116. The second-order valence-electron chi connectivity index (χ2n) is 7.38. The van der Waals surface area contributed by atoms with Gasteiger partial charge in [0.15, 0.2) is 0 Å². The van der Waals surface area contributed by atoms with Crippen LogP contribution < -0.4 is 5.32 Å². The Bertz CT molecular complexity index is 955. The maximum atomic E-state index is 13.0. The smallest absolute Gasteiger partial charge is 0.282 e. The van der Waals surface area contributed by atoms with Crippen LogP contribution in [0.5, 0.6) is 0 Å². The highest BCUT2D eigenvalue weighted by atomic mass is 32.2. The van der Waals surface area contributed by atoms with Gasteiger partial charge in [0, 0.05) is 25.3 Å². The molecule has 1 saturated heterocycles. The van der Waals surface area contributed by atoms with E-state index in [1.807, 2.05) is 63.2 Å².